The number of carbonyl (C=O) groups is 1. The quantitative estimate of drug-likeness (QED) is 0.611. The number of rotatable bonds is 1. The highest BCUT2D eigenvalue weighted by Crippen LogP contribution is 2.25. The van der Waals surface area contributed by atoms with Crippen molar-refractivity contribution in [3.63, 3.8) is 0 Å². The minimum atomic E-state index is 0.0367. The zero-order valence-corrected chi connectivity index (χ0v) is 7.62. The average Bonchev–Trinajstić information content (AvgIpc) is 2.72. The summed E-state index contributed by atoms with van der Waals surface area (Å²) in [6.07, 6.45) is 7.28. The van der Waals surface area contributed by atoms with E-state index in [1.165, 1.54) is 11.5 Å². The van der Waals surface area contributed by atoms with Gasteiger partial charge in [0.25, 0.3) is 0 Å². The van der Waals surface area contributed by atoms with Crippen molar-refractivity contribution in [3.05, 3.63) is 6.20 Å². The van der Waals surface area contributed by atoms with Crippen LogP contribution in [0.25, 0.3) is 0 Å². The smallest absolute Gasteiger partial charge is 0.229 e. The highest BCUT2D eigenvalue weighted by Gasteiger charge is 2.30. The second kappa shape index (κ2) is 3.15. The number of hydrogen-bond acceptors (Lipinski definition) is 4. The normalized spacial score (nSPS) is 21.9. The number of anilines is 1. The maximum Gasteiger partial charge on any atom is 0.229 e. The van der Waals surface area contributed by atoms with E-state index in [-0.39, 0.29) is 11.8 Å². The highest BCUT2D eigenvalue weighted by atomic mass is 32.1. The summed E-state index contributed by atoms with van der Waals surface area (Å²) in [6.45, 7) is 0.596. The van der Waals surface area contributed by atoms with Gasteiger partial charge in [-0.1, -0.05) is 4.49 Å². The Bertz CT molecular complexity index is 354. The molecule has 0 spiro atoms. The zero-order valence-electron chi connectivity index (χ0n) is 6.80. The molecule has 0 aliphatic carbocycles. The molecule has 1 atom stereocenters. The third kappa shape index (κ3) is 1.40. The summed E-state index contributed by atoms with van der Waals surface area (Å²) in [5, 5.41) is 4.46. The molecule has 0 saturated carbocycles. The van der Waals surface area contributed by atoms with Gasteiger partial charge in [0.15, 0.2) is 0 Å². The van der Waals surface area contributed by atoms with Gasteiger partial charge in [0.1, 0.15) is 5.00 Å². The molecule has 1 fully saturated rings. The summed E-state index contributed by atoms with van der Waals surface area (Å²) in [5.74, 6) is 2.69. The summed E-state index contributed by atoms with van der Waals surface area (Å²) in [4.78, 5) is 13.1. The number of nitrogens with zero attached hydrogens (tertiary/aromatic N) is 3. The Morgan fingerprint density at radius 1 is 1.77 bits per heavy atom. The number of carbonyl (C=O) groups excluding carboxylic acids is 1. The van der Waals surface area contributed by atoms with Crippen molar-refractivity contribution in [2.45, 2.75) is 6.42 Å². The molecule has 2 rings (SSSR count). The third-order valence-corrected chi connectivity index (χ3v) is 2.67. The molecule has 0 bridgehead atoms. The Kier molecular flexibility index (Phi) is 1.99. The molecule has 1 aromatic heterocycles. The molecule has 1 aliphatic rings. The second-order valence-corrected chi connectivity index (χ2v) is 3.59. The molecule has 0 aromatic carbocycles. The van der Waals surface area contributed by atoms with Gasteiger partial charge >= 0.3 is 0 Å². The first-order valence-electron chi connectivity index (χ1n) is 3.85. The van der Waals surface area contributed by atoms with E-state index in [4.69, 9.17) is 6.42 Å². The van der Waals surface area contributed by atoms with Gasteiger partial charge in [-0.15, -0.1) is 17.4 Å². The molecule has 1 saturated heterocycles. The van der Waals surface area contributed by atoms with Gasteiger partial charge < -0.3 is 0 Å². The fourth-order valence-electron chi connectivity index (χ4n) is 1.31. The van der Waals surface area contributed by atoms with Gasteiger partial charge in [-0.2, -0.15) is 0 Å². The van der Waals surface area contributed by atoms with Gasteiger partial charge in [-0.3, -0.25) is 9.69 Å². The SMILES string of the molecule is C#CC1CC(=O)N(c2cnns2)C1. The lowest BCUT2D eigenvalue weighted by molar-refractivity contribution is -0.117. The van der Waals surface area contributed by atoms with Crippen molar-refractivity contribution in [3.8, 4) is 12.3 Å². The molecule has 13 heavy (non-hydrogen) atoms. The topological polar surface area (TPSA) is 46.1 Å². The Hall–Kier alpha value is -1.41. The van der Waals surface area contributed by atoms with Crippen molar-refractivity contribution in [1.29, 1.82) is 0 Å². The molecular formula is C8H7N3OS. The molecule has 0 radical (unpaired) electrons. The summed E-state index contributed by atoms with van der Waals surface area (Å²) in [5.41, 5.74) is 0. The van der Waals surface area contributed by atoms with Crippen LogP contribution in [0.4, 0.5) is 5.00 Å². The fraction of sp³-hybridized carbons (Fsp3) is 0.375. The maximum absolute atomic E-state index is 11.4. The summed E-state index contributed by atoms with van der Waals surface area (Å²) in [7, 11) is 0. The average molecular weight is 193 g/mol. The van der Waals surface area contributed by atoms with E-state index in [0.29, 0.717) is 13.0 Å². The number of hydrogen-bond donors (Lipinski definition) is 0. The van der Waals surface area contributed by atoms with Crippen LogP contribution in [0.3, 0.4) is 0 Å². The van der Waals surface area contributed by atoms with Crippen LogP contribution >= 0.6 is 11.5 Å². The Morgan fingerprint density at radius 3 is 3.15 bits per heavy atom. The van der Waals surface area contributed by atoms with Crippen LogP contribution in [-0.4, -0.2) is 22.0 Å². The lowest BCUT2D eigenvalue weighted by Gasteiger charge is -2.10. The van der Waals surface area contributed by atoms with Gasteiger partial charge in [0, 0.05) is 30.4 Å². The van der Waals surface area contributed by atoms with E-state index >= 15 is 0 Å². The Labute approximate surface area is 79.7 Å². The van der Waals surface area contributed by atoms with E-state index in [2.05, 4.69) is 15.5 Å². The third-order valence-electron chi connectivity index (χ3n) is 1.98. The Balaban J connectivity index is 2.19. The number of aromatic nitrogens is 2. The van der Waals surface area contributed by atoms with Gasteiger partial charge in [0.05, 0.1) is 6.20 Å². The highest BCUT2D eigenvalue weighted by molar-refractivity contribution is 7.10. The van der Waals surface area contributed by atoms with Crippen molar-refractivity contribution < 1.29 is 4.79 Å². The maximum atomic E-state index is 11.4. The standard InChI is InChI=1S/C8H7N3OS/c1-2-6-3-7(12)11(5-6)8-4-9-10-13-8/h1,4,6H,3,5H2. The first kappa shape index (κ1) is 8.20. The number of terminal acetylenes is 1. The van der Waals surface area contributed by atoms with Crippen molar-refractivity contribution in [1.82, 2.24) is 9.59 Å². The van der Waals surface area contributed by atoms with Crippen LogP contribution in [-0.2, 0) is 4.79 Å². The Morgan fingerprint density at radius 2 is 2.62 bits per heavy atom. The molecule has 5 heteroatoms. The molecule has 1 unspecified atom stereocenters. The molecule has 4 nitrogen and oxygen atoms in total. The predicted octanol–water partition coefficient (Wildman–Crippen LogP) is 0.524. The van der Waals surface area contributed by atoms with E-state index in [1.807, 2.05) is 0 Å². The lowest BCUT2D eigenvalue weighted by atomic mass is 10.1. The fourth-order valence-corrected chi connectivity index (χ4v) is 1.86. The molecular weight excluding hydrogens is 186 g/mol. The first-order valence-corrected chi connectivity index (χ1v) is 4.62. The van der Waals surface area contributed by atoms with Gasteiger partial charge in [-0.25, -0.2) is 0 Å². The van der Waals surface area contributed by atoms with Crippen molar-refractivity contribution in [2.24, 2.45) is 5.92 Å². The summed E-state index contributed by atoms with van der Waals surface area (Å²) >= 11 is 1.21. The van der Waals surface area contributed by atoms with Gasteiger partial charge in [-0.05, 0) is 0 Å². The molecule has 1 aromatic rings. The van der Waals surface area contributed by atoms with Crippen LogP contribution in [0.5, 0.6) is 0 Å². The summed E-state index contributed by atoms with van der Waals surface area (Å²) in [6, 6.07) is 0. The minimum absolute atomic E-state index is 0.0367. The lowest BCUT2D eigenvalue weighted by Crippen LogP contribution is -2.23. The molecule has 1 aliphatic heterocycles. The molecule has 0 N–H and O–H groups in total. The zero-order chi connectivity index (χ0) is 9.26. The summed E-state index contributed by atoms with van der Waals surface area (Å²) < 4.78 is 3.70. The van der Waals surface area contributed by atoms with E-state index in [0.717, 1.165) is 5.00 Å². The first-order chi connectivity index (χ1) is 6.31. The van der Waals surface area contributed by atoms with Crippen LogP contribution < -0.4 is 4.90 Å². The van der Waals surface area contributed by atoms with E-state index < -0.39 is 0 Å². The second-order valence-electron chi connectivity index (χ2n) is 2.83. The largest absolute Gasteiger partial charge is 0.300 e. The monoisotopic (exact) mass is 193 g/mol. The van der Waals surface area contributed by atoms with E-state index in [9.17, 15) is 4.79 Å². The van der Waals surface area contributed by atoms with Crippen LogP contribution in [0.2, 0.25) is 0 Å². The minimum Gasteiger partial charge on any atom is -0.300 e. The molecule has 1 amide bonds. The molecule has 66 valence electrons. The van der Waals surface area contributed by atoms with Crippen LogP contribution in [0.1, 0.15) is 6.42 Å². The van der Waals surface area contributed by atoms with Crippen molar-refractivity contribution in [2.75, 3.05) is 11.4 Å². The molecule has 2 heterocycles. The number of amides is 1. The predicted molar refractivity (Wildman–Crippen MR) is 49.2 cm³/mol. The van der Waals surface area contributed by atoms with E-state index in [1.54, 1.807) is 11.1 Å². The van der Waals surface area contributed by atoms with Crippen LogP contribution in [0.15, 0.2) is 6.20 Å². The van der Waals surface area contributed by atoms with Crippen molar-refractivity contribution >= 4 is 22.4 Å². The van der Waals surface area contributed by atoms with Gasteiger partial charge in [0.2, 0.25) is 5.91 Å². The van der Waals surface area contributed by atoms with Crippen LogP contribution in [0, 0.1) is 18.3 Å².